The Balaban J connectivity index is 1.72. The Morgan fingerprint density at radius 2 is 1.67 bits per heavy atom. The van der Waals surface area contributed by atoms with Crippen molar-refractivity contribution >= 4 is 15.9 Å². The number of alkyl halides is 1. The molecule has 2 aromatic rings. The second-order valence-corrected chi connectivity index (χ2v) is 6.52. The monoisotopic (exact) mass is 343 g/mol. The number of halogens is 1. The molecule has 3 rings (SSSR count). The molecule has 1 nitrogen and oxygen atoms in total. The van der Waals surface area contributed by atoms with Crippen molar-refractivity contribution in [2.45, 2.75) is 25.3 Å². The minimum atomic E-state index is 0.566. The quantitative estimate of drug-likeness (QED) is 0.732. The van der Waals surface area contributed by atoms with E-state index in [-0.39, 0.29) is 0 Å². The van der Waals surface area contributed by atoms with E-state index in [1.807, 2.05) is 0 Å². The van der Waals surface area contributed by atoms with Gasteiger partial charge in [-0.05, 0) is 36.1 Å². The van der Waals surface area contributed by atoms with Crippen molar-refractivity contribution in [3.05, 3.63) is 71.3 Å². The lowest BCUT2D eigenvalue weighted by Gasteiger charge is -2.26. The maximum Gasteiger partial charge on any atom is 0.0236 e. The van der Waals surface area contributed by atoms with Crippen LogP contribution >= 0.6 is 15.9 Å². The zero-order valence-corrected chi connectivity index (χ0v) is 13.9. The smallest absolute Gasteiger partial charge is 0.0236 e. The molecule has 0 fully saturated rings. The average Bonchev–Trinajstić information content (AvgIpc) is 2.75. The van der Waals surface area contributed by atoms with E-state index in [1.165, 1.54) is 36.1 Å². The van der Waals surface area contributed by atoms with Gasteiger partial charge in [-0.15, -0.1) is 0 Å². The SMILES string of the molecule is BrCC(CN1CCCc2ccccc2C1)c1ccccc1. The molecule has 2 heteroatoms. The number of rotatable bonds is 4. The first-order valence-electron chi connectivity index (χ1n) is 7.77. The lowest BCUT2D eigenvalue weighted by atomic mass is 10.0. The predicted octanol–water partition coefficient (Wildman–Crippen LogP) is 4.61. The van der Waals surface area contributed by atoms with Gasteiger partial charge in [0.05, 0.1) is 0 Å². The molecule has 0 amide bonds. The molecule has 0 bridgehead atoms. The molecule has 0 N–H and O–H groups in total. The van der Waals surface area contributed by atoms with Gasteiger partial charge >= 0.3 is 0 Å². The van der Waals surface area contributed by atoms with Crippen LogP contribution in [0.4, 0.5) is 0 Å². The van der Waals surface area contributed by atoms with Gasteiger partial charge in [0, 0.05) is 24.3 Å². The molecule has 21 heavy (non-hydrogen) atoms. The van der Waals surface area contributed by atoms with Crippen LogP contribution in [0, 0.1) is 0 Å². The fourth-order valence-electron chi connectivity index (χ4n) is 3.20. The summed E-state index contributed by atoms with van der Waals surface area (Å²) in [5.74, 6) is 0.566. The number of aryl methyl sites for hydroxylation is 1. The number of benzene rings is 2. The van der Waals surface area contributed by atoms with Crippen LogP contribution in [0.15, 0.2) is 54.6 Å². The highest BCUT2D eigenvalue weighted by Crippen LogP contribution is 2.23. The van der Waals surface area contributed by atoms with Gasteiger partial charge in [-0.25, -0.2) is 0 Å². The van der Waals surface area contributed by atoms with Crippen molar-refractivity contribution in [3.63, 3.8) is 0 Å². The third kappa shape index (κ3) is 3.75. The van der Waals surface area contributed by atoms with Gasteiger partial charge in [-0.3, -0.25) is 4.90 Å². The summed E-state index contributed by atoms with van der Waals surface area (Å²) in [6, 6.07) is 19.8. The van der Waals surface area contributed by atoms with Crippen molar-refractivity contribution in [2.24, 2.45) is 0 Å². The molecule has 1 heterocycles. The summed E-state index contributed by atoms with van der Waals surface area (Å²) in [6.07, 6.45) is 2.48. The van der Waals surface area contributed by atoms with Crippen molar-refractivity contribution in [1.29, 1.82) is 0 Å². The first-order valence-corrected chi connectivity index (χ1v) is 8.89. The van der Waals surface area contributed by atoms with E-state index in [0.29, 0.717) is 5.92 Å². The van der Waals surface area contributed by atoms with E-state index >= 15 is 0 Å². The van der Waals surface area contributed by atoms with Crippen LogP contribution in [-0.4, -0.2) is 23.3 Å². The molecule has 0 radical (unpaired) electrons. The van der Waals surface area contributed by atoms with Gasteiger partial charge in [0.25, 0.3) is 0 Å². The highest BCUT2D eigenvalue weighted by Gasteiger charge is 2.18. The Morgan fingerprint density at radius 3 is 2.43 bits per heavy atom. The number of hydrogen-bond acceptors (Lipinski definition) is 1. The highest BCUT2D eigenvalue weighted by atomic mass is 79.9. The minimum Gasteiger partial charge on any atom is -0.298 e. The first-order chi connectivity index (χ1) is 10.4. The number of hydrogen-bond donors (Lipinski definition) is 0. The normalized spacial score (nSPS) is 17.0. The standard InChI is InChI=1S/C19H22BrN/c20-13-19(17-7-2-1-3-8-17)15-21-12-6-11-16-9-4-5-10-18(16)14-21/h1-5,7-10,19H,6,11-15H2. The second kappa shape index (κ2) is 7.24. The average molecular weight is 344 g/mol. The largest absolute Gasteiger partial charge is 0.298 e. The molecule has 0 saturated heterocycles. The minimum absolute atomic E-state index is 0.566. The summed E-state index contributed by atoms with van der Waals surface area (Å²) in [7, 11) is 0. The molecule has 0 spiro atoms. The molecule has 1 atom stereocenters. The van der Waals surface area contributed by atoms with Crippen molar-refractivity contribution < 1.29 is 0 Å². The van der Waals surface area contributed by atoms with E-state index in [0.717, 1.165) is 18.4 Å². The maximum absolute atomic E-state index is 3.70. The third-order valence-electron chi connectivity index (χ3n) is 4.37. The summed E-state index contributed by atoms with van der Waals surface area (Å²) < 4.78 is 0. The molecule has 1 unspecified atom stereocenters. The molecular weight excluding hydrogens is 322 g/mol. The van der Waals surface area contributed by atoms with Gasteiger partial charge in [-0.2, -0.15) is 0 Å². The Kier molecular flexibility index (Phi) is 5.10. The van der Waals surface area contributed by atoms with E-state index in [2.05, 4.69) is 75.4 Å². The van der Waals surface area contributed by atoms with Crippen LogP contribution in [0.1, 0.15) is 29.0 Å². The number of fused-ring (bicyclic) bond motifs is 1. The van der Waals surface area contributed by atoms with Crippen LogP contribution < -0.4 is 0 Å². The second-order valence-electron chi connectivity index (χ2n) is 5.87. The lowest BCUT2D eigenvalue weighted by Crippen LogP contribution is -2.29. The van der Waals surface area contributed by atoms with Crippen molar-refractivity contribution in [1.82, 2.24) is 4.90 Å². The topological polar surface area (TPSA) is 3.24 Å². The van der Waals surface area contributed by atoms with Crippen LogP contribution in [0.5, 0.6) is 0 Å². The predicted molar refractivity (Wildman–Crippen MR) is 93.0 cm³/mol. The molecule has 110 valence electrons. The Bertz CT molecular complexity index is 567. The molecule has 0 aliphatic carbocycles. The van der Waals surface area contributed by atoms with Crippen LogP contribution in [-0.2, 0) is 13.0 Å². The molecular formula is C19H22BrN. The van der Waals surface area contributed by atoms with E-state index in [1.54, 1.807) is 0 Å². The zero-order chi connectivity index (χ0) is 14.5. The Labute approximate surface area is 136 Å². The third-order valence-corrected chi connectivity index (χ3v) is 5.15. The van der Waals surface area contributed by atoms with Crippen molar-refractivity contribution in [2.75, 3.05) is 18.4 Å². The van der Waals surface area contributed by atoms with Crippen LogP contribution in [0.2, 0.25) is 0 Å². The Morgan fingerprint density at radius 1 is 0.952 bits per heavy atom. The summed E-state index contributed by atoms with van der Waals surface area (Å²) >= 11 is 3.70. The van der Waals surface area contributed by atoms with E-state index in [9.17, 15) is 0 Å². The zero-order valence-electron chi connectivity index (χ0n) is 12.3. The molecule has 2 aromatic carbocycles. The highest BCUT2D eigenvalue weighted by molar-refractivity contribution is 9.09. The van der Waals surface area contributed by atoms with E-state index in [4.69, 9.17) is 0 Å². The fraction of sp³-hybridized carbons (Fsp3) is 0.368. The lowest BCUT2D eigenvalue weighted by molar-refractivity contribution is 0.258. The number of nitrogens with zero attached hydrogens (tertiary/aromatic N) is 1. The molecule has 1 aliphatic rings. The summed E-state index contributed by atoms with van der Waals surface area (Å²) in [5, 5.41) is 1.02. The van der Waals surface area contributed by atoms with Crippen LogP contribution in [0.3, 0.4) is 0 Å². The van der Waals surface area contributed by atoms with Crippen LogP contribution in [0.25, 0.3) is 0 Å². The van der Waals surface area contributed by atoms with Gasteiger partial charge in [0.2, 0.25) is 0 Å². The summed E-state index contributed by atoms with van der Waals surface area (Å²) in [4.78, 5) is 2.62. The molecule has 1 aliphatic heterocycles. The first kappa shape index (κ1) is 14.8. The van der Waals surface area contributed by atoms with Gasteiger partial charge in [0.1, 0.15) is 0 Å². The Hall–Kier alpha value is -1.12. The van der Waals surface area contributed by atoms with Gasteiger partial charge in [-0.1, -0.05) is 70.5 Å². The van der Waals surface area contributed by atoms with Crippen molar-refractivity contribution in [3.8, 4) is 0 Å². The summed E-state index contributed by atoms with van der Waals surface area (Å²) in [6.45, 7) is 3.42. The molecule has 0 aromatic heterocycles. The van der Waals surface area contributed by atoms with Gasteiger partial charge < -0.3 is 0 Å². The summed E-state index contributed by atoms with van der Waals surface area (Å²) in [5.41, 5.74) is 4.48. The maximum atomic E-state index is 3.70. The van der Waals surface area contributed by atoms with Gasteiger partial charge in [0.15, 0.2) is 0 Å². The fourth-order valence-corrected chi connectivity index (χ4v) is 3.78. The molecule has 0 saturated carbocycles. The van der Waals surface area contributed by atoms with E-state index < -0.39 is 0 Å².